The number of carbonyl (C=O) groups excluding carboxylic acids is 1. The molecule has 2 aromatic rings. The highest BCUT2D eigenvalue weighted by atomic mass is 19.4. The smallest absolute Gasteiger partial charge is 0.362 e. The van der Waals surface area contributed by atoms with Crippen molar-refractivity contribution < 1.29 is 22.9 Å². The zero-order valence-corrected chi connectivity index (χ0v) is 17.2. The monoisotopic (exact) mass is 452 g/mol. The van der Waals surface area contributed by atoms with Crippen molar-refractivity contribution in [3.8, 4) is 0 Å². The number of aromatic nitrogens is 2. The zero-order chi connectivity index (χ0) is 22.9. The van der Waals surface area contributed by atoms with Crippen LogP contribution in [0.4, 0.5) is 35.2 Å². The number of nitrogens with zero attached hydrogens (tertiary/aromatic N) is 4. The van der Waals surface area contributed by atoms with Crippen LogP contribution in [0.5, 0.6) is 0 Å². The number of nitrogens with one attached hydrogen (secondary N) is 2. The van der Waals surface area contributed by atoms with Crippen LogP contribution in [-0.2, 0) is 6.18 Å². The molecule has 0 unspecified atom stereocenters. The van der Waals surface area contributed by atoms with E-state index in [1.807, 2.05) is 6.07 Å². The zero-order valence-electron chi connectivity index (χ0n) is 17.2. The van der Waals surface area contributed by atoms with Crippen molar-refractivity contribution in [1.82, 2.24) is 15.1 Å². The second kappa shape index (κ2) is 8.67. The number of halogens is 3. The van der Waals surface area contributed by atoms with E-state index in [4.69, 9.17) is 0 Å². The Labute approximate surface area is 181 Å². The summed E-state index contributed by atoms with van der Waals surface area (Å²) in [6.07, 6.45) is -0.113. The van der Waals surface area contributed by atoms with Crippen LogP contribution in [0, 0.1) is 10.1 Å². The Balaban J connectivity index is 1.37. The Hall–Kier alpha value is -3.31. The molecule has 2 fully saturated rings. The van der Waals surface area contributed by atoms with Gasteiger partial charge in [0.1, 0.15) is 11.5 Å². The number of rotatable bonds is 4. The van der Waals surface area contributed by atoms with Crippen molar-refractivity contribution >= 4 is 23.2 Å². The summed E-state index contributed by atoms with van der Waals surface area (Å²) < 4.78 is 38.8. The number of anilines is 2. The number of nitro benzene ring substituents is 1. The van der Waals surface area contributed by atoms with Crippen molar-refractivity contribution in [2.24, 2.45) is 0 Å². The van der Waals surface area contributed by atoms with Gasteiger partial charge in [0.2, 0.25) is 0 Å². The topological polar surface area (TPSA) is 107 Å². The fourth-order valence-electron chi connectivity index (χ4n) is 4.29. The molecule has 1 aromatic heterocycles. The van der Waals surface area contributed by atoms with Gasteiger partial charge in [0.15, 0.2) is 0 Å². The van der Waals surface area contributed by atoms with E-state index in [1.54, 1.807) is 9.80 Å². The lowest BCUT2D eigenvalue weighted by Crippen LogP contribution is -2.50. The van der Waals surface area contributed by atoms with Crippen LogP contribution in [0.2, 0.25) is 0 Å². The summed E-state index contributed by atoms with van der Waals surface area (Å²) in [5.74, 6) is 0.928. The van der Waals surface area contributed by atoms with Gasteiger partial charge in [0.25, 0.3) is 5.69 Å². The fourth-order valence-corrected chi connectivity index (χ4v) is 4.29. The third kappa shape index (κ3) is 4.63. The van der Waals surface area contributed by atoms with Gasteiger partial charge in [-0.05, 0) is 25.0 Å². The SMILES string of the molecule is O=C(Nc1cc(C2CCCC2)n[nH]1)N1CCN(c2ccc(C(F)(F)F)cc2[N+](=O)[O-])CC1. The van der Waals surface area contributed by atoms with Gasteiger partial charge in [0, 0.05) is 44.2 Å². The molecule has 1 aromatic carbocycles. The van der Waals surface area contributed by atoms with E-state index in [-0.39, 0.29) is 37.9 Å². The molecule has 1 aliphatic heterocycles. The van der Waals surface area contributed by atoms with Gasteiger partial charge in [-0.25, -0.2) is 4.79 Å². The molecule has 1 saturated heterocycles. The molecule has 2 heterocycles. The minimum Gasteiger partial charge on any atom is -0.362 e. The van der Waals surface area contributed by atoms with Crippen LogP contribution >= 0.6 is 0 Å². The first-order valence-electron chi connectivity index (χ1n) is 10.4. The molecule has 0 atom stereocenters. The normalized spacial score (nSPS) is 17.6. The van der Waals surface area contributed by atoms with Crippen molar-refractivity contribution in [3.05, 3.63) is 45.6 Å². The molecule has 0 bridgehead atoms. The average Bonchev–Trinajstić information content (AvgIpc) is 3.44. The van der Waals surface area contributed by atoms with E-state index in [0.717, 1.165) is 30.7 Å². The summed E-state index contributed by atoms with van der Waals surface area (Å²) >= 11 is 0. The molecular formula is C20H23F3N6O3. The number of nitro groups is 1. The molecule has 4 rings (SSSR count). The van der Waals surface area contributed by atoms with Gasteiger partial charge in [-0.15, -0.1) is 0 Å². The fraction of sp³-hybridized carbons (Fsp3) is 0.500. The van der Waals surface area contributed by atoms with Crippen LogP contribution in [0.3, 0.4) is 0 Å². The molecule has 32 heavy (non-hydrogen) atoms. The minimum atomic E-state index is -4.66. The summed E-state index contributed by atoms with van der Waals surface area (Å²) in [4.78, 5) is 26.3. The molecule has 172 valence electrons. The van der Waals surface area contributed by atoms with Crippen molar-refractivity contribution in [1.29, 1.82) is 0 Å². The number of aromatic amines is 1. The van der Waals surface area contributed by atoms with E-state index in [9.17, 15) is 28.1 Å². The maximum absolute atomic E-state index is 12.9. The average molecular weight is 452 g/mol. The molecule has 0 radical (unpaired) electrons. The molecule has 1 saturated carbocycles. The first kappa shape index (κ1) is 21.9. The van der Waals surface area contributed by atoms with E-state index in [0.29, 0.717) is 17.8 Å². The molecule has 2 amide bonds. The van der Waals surface area contributed by atoms with Crippen LogP contribution in [0.25, 0.3) is 0 Å². The summed E-state index contributed by atoms with van der Waals surface area (Å²) in [7, 11) is 0. The van der Waals surface area contributed by atoms with Crippen molar-refractivity contribution in [3.63, 3.8) is 0 Å². The molecule has 2 N–H and O–H groups in total. The Kier molecular flexibility index (Phi) is 5.94. The summed E-state index contributed by atoms with van der Waals surface area (Å²) in [5, 5.41) is 21.3. The predicted molar refractivity (Wildman–Crippen MR) is 111 cm³/mol. The van der Waals surface area contributed by atoms with Crippen molar-refractivity contribution in [2.75, 3.05) is 36.4 Å². The van der Waals surface area contributed by atoms with Gasteiger partial charge in [-0.2, -0.15) is 18.3 Å². The number of alkyl halides is 3. The van der Waals surface area contributed by atoms with Gasteiger partial charge < -0.3 is 9.80 Å². The number of amides is 2. The Bertz CT molecular complexity index is 995. The predicted octanol–water partition coefficient (Wildman–Crippen LogP) is 4.35. The summed E-state index contributed by atoms with van der Waals surface area (Å²) in [5.41, 5.74) is -0.618. The highest BCUT2D eigenvalue weighted by Crippen LogP contribution is 2.37. The van der Waals surface area contributed by atoms with Crippen molar-refractivity contribution in [2.45, 2.75) is 37.8 Å². The number of benzene rings is 1. The highest BCUT2D eigenvalue weighted by molar-refractivity contribution is 5.88. The Morgan fingerprint density at radius 3 is 2.47 bits per heavy atom. The lowest BCUT2D eigenvalue weighted by Gasteiger charge is -2.35. The maximum atomic E-state index is 12.9. The van der Waals surface area contributed by atoms with Gasteiger partial charge in [-0.1, -0.05) is 12.8 Å². The first-order valence-corrected chi connectivity index (χ1v) is 10.4. The number of carbonyl (C=O) groups is 1. The number of piperazine rings is 1. The van der Waals surface area contributed by atoms with Crippen LogP contribution in [0.1, 0.15) is 42.9 Å². The number of hydrogen-bond acceptors (Lipinski definition) is 5. The Morgan fingerprint density at radius 1 is 1.16 bits per heavy atom. The third-order valence-electron chi connectivity index (χ3n) is 6.02. The second-order valence-corrected chi connectivity index (χ2v) is 8.05. The molecule has 1 aliphatic carbocycles. The van der Waals surface area contributed by atoms with E-state index >= 15 is 0 Å². The molecule has 2 aliphatic rings. The lowest BCUT2D eigenvalue weighted by atomic mass is 10.0. The van der Waals surface area contributed by atoms with Gasteiger partial charge >= 0.3 is 12.2 Å². The lowest BCUT2D eigenvalue weighted by molar-refractivity contribution is -0.384. The minimum absolute atomic E-state index is 0.109. The number of hydrogen-bond donors (Lipinski definition) is 2. The highest BCUT2D eigenvalue weighted by Gasteiger charge is 2.34. The summed E-state index contributed by atoms with van der Waals surface area (Å²) in [6, 6.07) is 4.02. The van der Waals surface area contributed by atoms with Gasteiger partial charge in [0.05, 0.1) is 16.2 Å². The summed E-state index contributed by atoms with van der Waals surface area (Å²) in [6.45, 7) is 1.06. The van der Waals surface area contributed by atoms with Crippen LogP contribution in [-0.4, -0.2) is 52.2 Å². The molecule has 12 heteroatoms. The number of H-pyrrole nitrogens is 1. The Morgan fingerprint density at radius 2 is 1.84 bits per heavy atom. The second-order valence-electron chi connectivity index (χ2n) is 8.05. The standard InChI is InChI=1S/C20H23F3N6O3/c21-20(22,23)14-5-6-16(17(11-14)29(31)32)27-7-9-28(10-8-27)19(30)24-18-12-15(25-26-18)13-3-1-2-4-13/h5-6,11-13H,1-4,7-10H2,(H2,24,25,26,30). The molecule has 9 nitrogen and oxygen atoms in total. The third-order valence-corrected chi connectivity index (χ3v) is 6.02. The van der Waals surface area contributed by atoms with E-state index in [1.165, 1.54) is 12.8 Å². The molecular weight excluding hydrogens is 429 g/mol. The van der Waals surface area contributed by atoms with E-state index < -0.39 is 22.4 Å². The van der Waals surface area contributed by atoms with E-state index in [2.05, 4.69) is 15.5 Å². The van der Waals surface area contributed by atoms with Gasteiger partial charge in [-0.3, -0.25) is 20.5 Å². The number of urea groups is 1. The van der Waals surface area contributed by atoms with Crippen LogP contribution < -0.4 is 10.2 Å². The molecule has 0 spiro atoms. The van der Waals surface area contributed by atoms with Crippen LogP contribution in [0.15, 0.2) is 24.3 Å². The first-order chi connectivity index (χ1) is 15.2. The quantitative estimate of drug-likeness (QED) is 0.530. The largest absolute Gasteiger partial charge is 0.416 e. The maximum Gasteiger partial charge on any atom is 0.416 e.